The molecule has 33 heavy (non-hydrogen) atoms. The number of carbonyl (C=O) groups is 2. The van der Waals surface area contributed by atoms with Crippen molar-refractivity contribution in [1.29, 1.82) is 0 Å². The number of aromatic amines is 1. The summed E-state index contributed by atoms with van der Waals surface area (Å²) in [5, 5.41) is 16.0. The van der Waals surface area contributed by atoms with Crippen LogP contribution in [0.15, 0.2) is 30.5 Å². The lowest BCUT2D eigenvalue weighted by molar-refractivity contribution is 0.0787. The highest BCUT2D eigenvalue weighted by molar-refractivity contribution is 5.98. The van der Waals surface area contributed by atoms with Crippen LogP contribution in [0.1, 0.15) is 36.0 Å². The Bertz CT molecular complexity index is 1180. The number of hydrogen-bond donors (Lipinski definition) is 4. The summed E-state index contributed by atoms with van der Waals surface area (Å²) in [4.78, 5) is 35.6. The van der Waals surface area contributed by atoms with Crippen LogP contribution in [0.25, 0.3) is 0 Å². The second kappa shape index (κ2) is 9.55. The minimum absolute atomic E-state index is 0. The number of H-pyrrole nitrogens is 1. The van der Waals surface area contributed by atoms with Crippen molar-refractivity contribution >= 4 is 40.8 Å². The zero-order valence-electron chi connectivity index (χ0n) is 18.7. The van der Waals surface area contributed by atoms with Crippen molar-refractivity contribution in [2.45, 2.75) is 26.7 Å². The number of aryl methyl sites for hydroxylation is 2. The number of nitrogens with one attached hydrogen (secondary N) is 4. The van der Waals surface area contributed by atoms with Crippen molar-refractivity contribution in [3.63, 3.8) is 0 Å². The number of nitrogens with zero attached hydrogens (tertiary/aromatic N) is 4. The van der Waals surface area contributed by atoms with E-state index in [2.05, 4.69) is 40.9 Å². The van der Waals surface area contributed by atoms with Gasteiger partial charge in [-0.2, -0.15) is 5.10 Å². The third kappa shape index (κ3) is 5.20. The van der Waals surface area contributed by atoms with Gasteiger partial charge in [-0.1, -0.05) is 6.07 Å². The molecule has 11 nitrogen and oxygen atoms in total. The van der Waals surface area contributed by atoms with Gasteiger partial charge in [0.1, 0.15) is 0 Å². The van der Waals surface area contributed by atoms with E-state index < -0.39 is 6.09 Å². The standard InChI is InChI=1S/C22H26N8O3.H2/c1-13-6-7-15(11-16(13)25-22(32)33-3)24-20-19(21(31)30-8-4-5-9-30)23-12-18(27-20)26-17-10-14(2)28-29-17;/h6-7,10-12H,4-5,8-9H2,1-3H3,(H,25,32)(H3,24,26,27,28,29);1H. The Hall–Kier alpha value is -4.15. The van der Waals surface area contributed by atoms with Crippen molar-refractivity contribution in [3.05, 3.63) is 47.4 Å². The fourth-order valence-corrected chi connectivity index (χ4v) is 3.51. The number of methoxy groups -OCH3 is 1. The summed E-state index contributed by atoms with van der Waals surface area (Å²) in [5.41, 5.74) is 3.19. The molecule has 1 aromatic carbocycles. The van der Waals surface area contributed by atoms with E-state index in [-0.39, 0.29) is 13.0 Å². The monoisotopic (exact) mass is 452 g/mol. The van der Waals surface area contributed by atoms with Crippen LogP contribution in [0.2, 0.25) is 0 Å². The van der Waals surface area contributed by atoms with Gasteiger partial charge in [-0.15, -0.1) is 0 Å². The number of ether oxygens (including phenoxy) is 1. The lowest BCUT2D eigenvalue weighted by atomic mass is 10.1. The largest absolute Gasteiger partial charge is 0.453 e. The van der Waals surface area contributed by atoms with E-state index in [1.165, 1.54) is 13.3 Å². The third-order valence-corrected chi connectivity index (χ3v) is 5.25. The van der Waals surface area contributed by atoms with Crippen LogP contribution in [-0.2, 0) is 4.74 Å². The molecule has 3 aromatic rings. The predicted molar refractivity (Wildman–Crippen MR) is 126 cm³/mol. The summed E-state index contributed by atoms with van der Waals surface area (Å²) in [6, 6.07) is 7.26. The van der Waals surface area contributed by atoms with E-state index in [0.717, 1.165) is 24.1 Å². The molecule has 3 heterocycles. The number of likely N-dealkylation sites (tertiary alicyclic amines) is 1. The quantitative estimate of drug-likeness (QED) is 0.441. The normalized spacial score (nSPS) is 13.0. The van der Waals surface area contributed by atoms with Gasteiger partial charge in [0.15, 0.2) is 23.1 Å². The van der Waals surface area contributed by atoms with E-state index in [9.17, 15) is 9.59 Å². The maximum atomic E-state index is 13.1. The van der Waals surface area contributed by atoms with Gasteiger partial charge >= 0.3 is 6.09 Å². The van der Waals surface area contributed by atoms with Gasteiger partial charge in [0.25, 0.3) is 5.91 Å². The summed E-state index contributed by atoms with van der Waals surface area (Å²) in [7, 11) is 1.30. The van der Waals surface area contributed by atoms with Crippen LogP contribution in [-0.4, -0.2) is 57.3 Å². The maximum absolute atomic E-state index is 13.1. The van der Waals surface area contributed by atoms with Gasteiger partial charge in [0, 0.05) is 37.7 Å². The molecule has 2 aromatic heterocycles. The number of carbonyl (C=O) groups excluding carboxylic acids is 2. The van der Waals surface area contributed by atoms with E-state index in [1.807, 2.05) is 32.0 Å². The molecule has 1 fully saturated rings. The van der Waals surface area contributed by atoms with Crippen molar-refractivity contribution < 1.29 is 15.8 Å². The highest BCUT2D eigenvalue weighted by Crippen LogP contribution is 2.26. The molecule has 11 heteroatoms. The molecule has 1 aliphatic rings. The van der Waals surface area contributed by atoms with Crippen molar-refractivity contribution in [2.75, 3.05) is 36.1 Å². The first-order valence-electron chi connectivity index (χ1n) is 10.6. The molecule has 0 atom stereocenters. The van der Waals surface area contributed by atoms with Gasteiger partial charge in [-0.05, 0) is 44.4 Å². The predicted octanol–water partition coefficient (Wildman–Crippen LogP) is 3.96. The van der Waals surface area contributed by atoms with Crippen molar-refractivity contribution in [3.8, 4) is 0 Å². The van der Waals surface area contributed by atoms with Gasteiger partial charge < -0.3 is 20.3 Å². The Kier molecular flexibility index (Phi) is 6.38. The fraction of sp³-hybridized carbons (Fsp3) is 0.318. The third-order valence-electron chi connectivity index (χ3n) is 5.25. The lowest BCUT2D eigenvalue weighted by Crippen LogP contribution is -2.29. The number of benzene rings is 1. The molecule has 0 unspecified atom stereocenters. The Morgan fingerprint density at radius 2 is 1.91 bits per heavy atom. The van der Waals surface area contributed by atoms with Crippen LogP contribution < -0.4 is 16.0 Å². The molecule has 174 valence electrons. The summed E-state index contributed by atoms with van der Waals surface area (Å²) < 4.78 is 4.69. The second-order valence-corrected chi connectivity index (χ2v) is 7.78. The Balaban J connectivity index is 0.00000324. The topological polar surface area (TPSA) is 137 Å². The maximum Gasteiger partial charge on any atom is 0.411 e. The average molecular weight is 453 g/mol. The first kappa shape index (κ1) is 22.1. The first-order valence-corrected chi connectivity index (χ1v) is 10.6. The van der Waals surface area contributed by atoms with Crippen LogP contribution in [0, 0.1) is 13.8 Å². The van der Waals surface area contributed by atoms with Crippen LogP contribution in [0.4, 0.5) is 33.6 Å². The summed E-state index contributed by atoms with van der Waals surface area (Å²) in [6.07, 6.45) is 2.89. The molecular formula is C22H28N8O3. The van der Waals surface area contributed by atoms with E-state index >= 15 is 0 Å². The zero-order chi connectivity index (χ0) is 23.4. The van der Waals surface area contributed by atoms with Gasteiger partial charge in [0.2, 0.25) is 0 Å². The van der Waals surface area contributed by atoms with Gasteiger partial charge in [-0.3, -0.25) is 15.2 Å². The van der Waals surface area contributed by atoms with E-state index in [0.29, 0.717) is 41.9 Å². The Morgan fingerprint density at radius 1 is 1.12 bits per heavy atom. The van der Waals surface area contributed by atoms with Crippen molar-refractivity contribution in [2.24, 2.45) is 0 Å². The molecule has 0 saturated carbocycles. The Labute approximate surface area is 192 Å². The van der Waals surface area contributed by atoms with Crippen LogP contribution in [0.3, 0.4) is 0 Å². The lowest BCUT2D eigenvalue weighted by Gasteiger charge is -2.18. The number of amides is 2. The molecule has 2 amide bonds. The van der Waals surface area contributed by atoms with Crippen LogP contribution in [0.5, 0.6) is 0 Å². The molecule has 4 N–H and O–H groups in total. The smallest absolute Gasteiger partial charge is 0.411 e. The minimum Gasteiger partial charge on any atom is -0.453 e. The molecule has 4 rings (SSSR count). The highest BCUT2D eigenvalue weighted by atomic mass is 16.5. The molecule has 0 radical (unpaired) electrons. The number of aromatic nitrogens is 4. The van der Waals surface area contributed by atoms with E-state index in [4.69, 9.17) is 0 Å². The molecular weight excluding hydrogens is 424 g/mol. The summed E-state index contributed by atoms with van der Waals surface area (Å²) in [5.74, 6) is 1.15. The fourth-order valence-electron chi connectivity index (χ4n) is 3.51. The summed E-state index contributed by atoms with van der Waals surface area (Å²) in [6.45, 7) is 5.16. The SMILES string of the molecule is COC(=O)Nc1cc(Nc2nc(Nc3cc(C)[nH]n3)cnc2C(=O)N2CCCC2)ccc1C.[HH]. The average Bonchev–Trinajstić information content (AvgIpc) is 3.48. The number of hydrogen-bond acceptors (Lipinski definition) is 8. The summed E-state index contributed by atoms with van der Waals surface area (Å²) >= 11 is 0. The van der Waals surface area contributed by atoms with E-state index in [1.54, 1.807) is 11.0 Å². The zero-order valence-corrected chi connectivity index (χ0v) is 18.7. The molecule has 0 bridgehead atoms. The molecule has 0 aliphatic carbocycles. The number of rotatable bonds is 6. The Morgan fingerprint density at radius 3 is 2.61 bits per heavy atom. The first-order chi connectivity index (χ1) is 15.9. The second-order valence-electron chi connectivity index (χ2n) is 7.78. The van der Waals surface area contributed by atoms with Crippen molar-refractivity contribution in [1.82, 2.24) is 25.1 Å². The molecule has 1 saturated heterocycles. The highest BCUT2D eigenvalue weighted by Gasteiger charge is 2.25. The minimum atomic E-state index is -0.569. The van der Waals surface area contributed by atoms with Gasteiger partial charge in [-0.25, -0.2) is 14.8 Å². The number of anilines is 5. The molecule has 0 spiro atoms. The van der Waals surface area contributed by atoms with Gasteiger partial charge in [0.05, 0.1) is 13.3 Å². The molecule has 1 aliphatic heterocycles. The van der Waals surface area contributed by atoms with Crippen LogP contribution >= 0.6 is 0 Å².